The van der Waals surface area contributed by atoms with E-state index in [-0.39, 0.29) is 0 Å². The van der Waals surface area contributed by atoms with Crippen molar-refractivity contribution in [3.8, 4) is 0 Å². The van der Waals surface area contributed by atoms with Gasteiger partial charge < -0.3 is 5.32 Å². The van der Waals surface area contributed by atoms with Crippen molar-refractivity contribution in [1.82, 2.24) is 4.98 Å². The lowest BCUT2D eigenvalue weighted by atomic mass is 10.4. The molecule has 2 nitrogen and oxygen atoms in total. The van der Waals surface area contributed by atoms with Crippen LogP contribution in [0, 0.1) is 6.92 Å². The second-order valence-electron chi connectivity index (χ2n) is 3.33. The molecule has 0 bridgehead atoms. The van der Waals surface area contributed by atoms with Crippen LogP contribution in [0.3, 0.4) is 0 Å². The number of hydrogen-bond donors (Lipinski definition) is 1. The first-order valence-electron chi connectivity index (χ1n) is 4.75. The van der Waals surface area contributed by atoms with Gasteiger partial charge in [0.25, 0.3) is 0 Å². The predicted molar refractivity (Wildman–Crippen MR) is 73.3 cm³/mol. The topological polar surface area (TPSA) is 24.9 Å². The monoisotopic (exact) mass is 316 g/mol. The number of rotatable bonds is 3. The first kappa shape index (κ1) is 11.9. The number of anilines is 1. The normalized spacial score (nSPS) is 10.4. The molecule has 16 heavy (non-hydrogen) atoms. The van der Waals surface area contributed by atoms with Crippen molar-refractivity contribution in [3.63, 3.8) is 0 Å². The maximum atomic E-state index is 6.02. The molecule has 2 heterocycles. The van der Waals surface area contributed by atoms with Gasteiger partial charge in [0, 0.05) is 27.0 Å². The Labute approximate surface area is 112 Å². The lowest BCUT2D eigenvalue weighted by Crippen LogP contribution is -1.98. The molecule has 2 aromatic rings. The van der Waals surface area contributed by atoms with E-state index in [9.17, 15) is 0 Å². The van der Waals surface area contributed by atoms with E-state index in [4.69, 9.17) is 11.6 Å². The van der Waals surface area contributed by atoms with Crippen molar-refractivity contribution in [2.75, 3.05) is 5.32 Å². The van der Waals surface area contributed by atoms with Crippen molar-refractivity contribution < 1.29 is 0 Å². The Hall–Kier alpha value is -0.580. The van der Waals surface area contributed by atoms with Gasteiger partial charge in [0.05, 0.1) is 16.9 Å². The van der Waals surface area contributed by atoms with Crippen LogP contribution in [0.1, 0.15) is 9.75 Å². The quantitative estimate of drug-likeness (QED) is 0.903. The molecule has 2 aromatic heterocycles. The zero-order valence-corrected chi connectivity index (χ0v) is 11.8. The third-order valence-electron chi connectivity index (χ3n) is 2.13. The third-order valence-corrected chi connectivity index (χ3v) is 4.60. The lowest BCUT2D eigenvalue weighted by molar-refractivity contribution is 1.17. The molecular weight excluding hydrogens is 308 g/mol. The number of halogens is 2. The zero-order chi connectivity index (χ0) is 11.5. The predicted octanol–water partition coefficient (Wildman–Crippen LogP) is 4.48. The summed E-state index contributed by atoms with van der Waals surface area (Å²) in [6.45, 7) is 2.86. The molecule has 0 spiro atoms. The first-order valence-corrected chi connectivity index (χ1v) is 6.74. The number of pyridine rings is 1. The van der Waals surface area contributed by atoms with Crippen LogP contribution in [0.5, 0.6) is 0 Å². The van der Waals surface area contributed by atoms with Gasteiger partial charge in [-0.2, -0.15) is 0 Å². The minimum atomic E-state index is 0.697. The number of aromatic nitrogens is 1. The van der Waals surface area contributed by atoms with E-state index < -0.39 is 0 Å². The molecule has 5 heteroatoms. The van der Waals surface area contributed by atoms with Gasteiger partial charge in [-0.3, -0.25) is 4.98 Å². The van der Waals surface area contributed by atoms with E-state index in [0.717, 1.165) is 16.7 Å². The Morgan fingerprint density at radius 2 is 2.38 bits per heavy atom. The Morgan fingerprint density at radius 1 is 1.56 bits per heavy atom. The van der Waals surface area contributed by atoms with Gasteiger partial charge in [-0.05, 0) is 35.0 Å². The summed E-state index contributed by atoms with van der Waals surface area (Å²) >= 11 is 11.3. The zero-order valence-electron chi connectivity index (χ0n) is 8.63. The maximum Gasteiger partial charge on any atom is 0.0718 e. The number of nitrogens with one attached hydrogen (secondary N) is 1. The molecule has 0 aliphatic heterocycles. The second-order valence-corrected chi connectivity index (χ2v) is 5.93. The summed E-state index contributed by atoms with van der Waals surface area (Å²) in [7, 11) is 0. The van der Waals surface area contributed by atoms with Gasteiger partial charge in [0.1, 0.15) is 0 Å². The molecule has 0 aliphatic rings. The summed E-state index contributed by atoms with van der Waals surface area (Å²) in [5.74, 6) is 0. The summed E-state index contributed by atoms with van der Waals surface area (Å²) < 4.78 is 1.16. The fourth-order valence-electron chi connectivity index (χ4n) is 1.29. The van der Waals surface area contributed by atoms with E-state index in [2.05, 4.69) is 39.2 Å². The highest BCUT2D eigenvalue weighted by molar-refractivity contribution is 9.10. The molecule has 0 radical (unpaired) electrons. The molecule has 0 saturated carbocycles. The minimum absolute atomic E-state index is 0.697. The molecule has 0 saturated heterocycles. The minimum Gasteiger partial charge on any atom is -0.378 e. The molecule has 0 unspecified atom stereocenters. The second kappa shape index (κ2) is 5.17. The summed E-state index contributed by atoms with van der Waals surface area (Å²) in [5, 5.41) is 3.96. The third kappa shape index (κ3) is 2.75. The lowest BCUT2D eigenvalue weighted by Gasteiger charge is -2.05. The fourth-order valence-corrected chi connectivity index (χ4v) is 3.01. The van der Waals surface area contributed by atoms with Crippen molar-refractivity contribution in [1.29, 1.82) is 0 Å². The Kier molecular flexibility index (Phi) is 3.84. The number of aryl methyl sites for hydroxylation is 1. The molecule has 84 valence electrons. The standard InChI is InChI=1S/C11H10BrClN2S/c1-7-9(12)4-8(16-7)5-15-11-6-14-3-2-10(11)13/h2-4,6,15H,5H2,1H3. The molecule has 0 aromatic carbocycles. The molecular formula is C11H10BrClN2S. The highest BCUT2D eigenvalue weighted by Gasteiger charge is 2.04. The van der Waals surface area contributed by atoms with Gasteiger partial charge in [-0.25, -0.2) is 0 Å². The maximum absolute atomic E-state index is 6.02. The molecule has 0 fully saturated rings. The van der Waals surface area contributed by atoms with Crippen LogP contribution in [0.25, 0.3) is 0 Å². The van der Waals surface area contributed by atoms with Gasteiger partial charge in [0.2, 0.25) is 0 Å². The van der Waals surface area contributed by atoms with Crippen LogP contribution < -0.4 is 5.32 Å². The largest absolute Gasteiger partial charge is 0.378 e. The molecule has 0 atom stereocenters. The number of thiophene rings is 1. The SMILES string of the molecule is Cc1sc(CNc2cnccc2Cl)cc1Br. The molecule has 0 amide bonds. The van der Waals surface area contributed by atoms with Crippen LogP contribution in [0.2, 0.25) is 5.02 Å². The van der Waals surface area contributed by atoms with Crippen LogP contribution in [0.4, 0.5) is 5.69 Å². The molecule has 2 rings (SSSR count). The van der Waals surface area contributed by atoms with E-state index in [1.54, 1.807) is 29.8 Å². The molecule has 0 aliphatic carbocycles. The van der Waals surface area contributed by atoms with Crippen LogP contribution in [0.15, 0.2) is 29.0 Å². The van der Waals surface area contributed by atoms with E-state index >= 15 is 0 Å². The van der Waals surface area contributed by atoms with E-state index in [0.29, 0.717) is 5.02 Å². The summed E-state index contributed by atoms with van der Waals surface area (Å²) in [6, 6.07) is 3.90. The number of nitrogens with zero attached hydrogens (tertiary/aromatic N) is 1. The highest BCUT2D eigenvalue weighted by Crippen LogP contribution is 2.27. The average molecular weight is 318 g/mol. The Balaban J connectivity index is 2.05. The summed E-state index contributed by atoms with van der Waals surface area (Å²) in [5.41, 5.74) is 0.867. The van der Waals surface area contributed by atoms with Crippen molar-refractivity contribution in [3.05, 3.63) is 43.8 Å². The van der Waals surface area contributed by atoms with Crippen molar-refractivity contribution in [2.24, 2.45) is 0 Å². The van der Waals surface area contributed by atoms with Crippen molar-refractivity contribution in [2.45, 2.75) is 13.5 Å². The smallest absolute Gasteiger partial charge is 0.0718 e. The first-order chi connectivity index (χ1) is 7.66. The summed E-state index contributed by atoms with van der Waals surface area (Å²) in [6.07, 6.45) is 3.41. The van der Waals surface area contributed by atoms with Gasteiger partial charge >= 0.3 is 0 Å². The van der Waals surface area contributed by atoms with Crippen molar-refractivity contribution >= 4 is 44.6 Å². The summed E-state index contributed by atoms with van der Waals surface area (Å²) in [4.78, 5) is 6.58. The van der Waals surface area contributed by atoms with Crippen LogP contribution in [-0.4, -0.2) is 4.98 Å². The number of hydrogen-bond acceptors (Lipinski definition) is 3. The van der Waals surface area contributed by atoms with Gasteiger partial charge in [-0.1, -0.05) is 11.6 Å². The molecule has 1 N–H and O–H groups in total. The van der Waals surface area contributed by atoms with Crippen LogP contribution >= 0.6 is 38.9 Å². The van der Waals surface area contributed by atoms with E-state index in [1.165, 1.54) is 9.75 Å². The highest BCUT2D eigenvalue weighted by atomic mass is 79.9. The Bertz CT molecular complexity index is 479. The van der Waals surface area contributed by atoms with Gasteiger partial charge in [0.15, 0.2) is 0 Å². The fraction of sp³-hybridized carbons (Fsp3) is 0.182. The van der Waals surface area contributed by atoms with Gasteiger partial charge in [-0.15, -0.1) is 11.3 Å². The van der Waals surface area contributed by atoms with Crippen LogP contribution in [-0.2, 0) is 6.54 Å². The average Bonchev–Trinajstić information content (AvgIpc) is 2.57. The van der Waals surface area contributed by atoms with E-state index in [1.807, 2.05) is 0 Å². The Morgan fingerprint density at radius 3 is 3.00 bits per heavy atom.